The Balaban J connectivity index is 1.89. The topological polar surface area (TPSA) is 9.23 Å². The molecule has 1 saturated carbocycles. The molecule has 26 heavy (non-hydrogen) atoms. The summed E-state index contributed by atoms with van der Waals surface area (Å²) in [5.74, 6) is 1.36. The van der Waals surface area contributed by atoms with Crippen molar-refractivity contribution in [3.63, 3.8) is 0 Å². The highest BCUT2D eigenvalue weighted by Gasteiger charge is 2.52. The first-order valence-electron chi connectivity index (χ1n) is 11.1. The summed E-state index contributed by atoms with van der Waals surface area (Å²) in [6.07, 6.45) is 13.0. The second-order valence-electron chi connectivity index (χ2n) is 8.66. The van der Waals surface area contributed by atoms with Gasteiger partial charge >= 0.3 is 0 Å². The number of ether oxygens (including phenoxy) is 1. The molecule has 0 spiro atoms. The molecule has 0 N–H and O–H groups in total. The van der Waals surface area contributed by atoms with Crippen LogP contribution in [0.25, 0.3) is 5.57 Å². The van der Waals surface area contributed by atoms with Crippen LogP contribution in [0.5, 0.6) is 0 Å². The molecule has 0 amide bonds. The third-order valence-electron chi connectivity index (χ3n) is 6.75. The molecule has 1 fully saturated rings. The first-order valence-corrected chi connectivity index (χ1v) is 11.1. The number of hydrogen-bond donors (Lipinski definition) is 0. The lowest BCUT2D eigenvalue weighted by Crippen LogP contribution is -2.36. The Morgan fingerprint density at radius 1 is 1.12 bits per heavy atom. The van der Waals surface area contributed by atoms with Gasteiger partial charge in [-0.05, 0) is 61.5 Å². The number of fused-ring (bicyclic) bond motifs is 1. The Kier molecular flexibility index (Phi) is 6.98. The Labute approximate surface area is 161 Å². The van der Waals surface area contributed by atoms with Gasteiger partial charge in [0.15, 0.2) is 0 Å². The summed E-state index contributed by atoms with van der Waals surface area (Å²) in [5, 5.41) is 0. The lowest BCUT2D eigenvalue weighted by Gasteiger charge is -2.35. The van der Waals surface area contributed by atoms with E-state index in [1.54, 1.807) is 11.1 Å². The molecular weight excluding hydrogens is 316 g/mol. The van der Waals surface area contributed by atoms with E-state index in [1.807, 2.05) is 0 Å². The van der Waals surface area contributed by atoms with E-state index in [0.717, 1.165) is 6.61 Å². The third-order valence-corrected chi connectivity index (χ3v) is 6.75. The lowest BCUT2D eigenvalue weighted by molar-refractivity contribution is -0.0355. The summed E-state index contributed by atoms with van der Waals surface area (Å²) in [7, 11) is 0. The standard InChI is InChI=1S/C25H38O/c1-4-6-7-9-15-22-18-23-16-12-17-25(23,26-19-20(3)5-2)24(22)21-13-10-8-11-14-21/h8,10-11,13-14,20,23H,4-7,9,12,15-19H2,1-3H3/t20?,23-,25+/m1/s1. The lowest BCUT2D eigenvalue weighted by atomic mass is 9.84. The first kappa shape index (κ1) is 19.7. The maximum Gasteiger partial charge on any atom is 0.0967 e. The van der Waals surface area contributed by atoms with Gasteiger partial charge in [0.2, 0.25) is 0 Å². The minimum absolute atomic E-state index is 0.00483. The predicted octanol–water partition coefficient (Wildman–Crippen LogP) is 7.42. The van der Waals surface area contributed by atoms with Gasteiger partial charge in [-0.1, -0.05) is 82.4 Å². The van der Waals surface area contributed by atoms with E-state index in [4.69, 9.17) is 4.74 Å². The summed E-state index contributed by atoms with van der Waals surface area (Å²) < 4.78 is 6.83. The van der Waals surface area contributed by atoms with Crippen LogP contribution in [-0.4, -0.2) is 12.2 Å². The zero-order valence-electron chi connectivity index (χ0n) is 17.2. The molecule has 1 aromatic carbocycles. The molecule has 0 saturated heterocycles. The van der Waals surface area contributed by atoms with Gasteiger partial charge in [-0.3, -0.25) is 0 Å². The Hall–Kier alpha value is -1.08. The first-order chi connectivity index (χ1) is 12.7. The molecule has 0 aromatic heterocycles. The third kappa shape index (κ3) is 4.09. The zero-order chi connectivity index (χ0) is 18.4. The Morgan fingerprint density at radius 3 is 2.65 bits per heavy atom. The van der Waals surface area contributed by atoms with Gasteiger partial charge in [-0.2, -0.15) is 0 Å². The monoisotopic (exact) mass is 354 g/mol. The molecule has 1 heteroatoms. The van der Waals surface area contributed by atoms with E-state index in [0.29, 0.717) is 11.8 Å². The zero-order valence-corrected chi connectivity index (χ0v) is 17.2. The number of rotatable bonds is 10. The van der Waals surface area contributed by atoms with E-state index in [2.05, 4.69) is 51.1 Å². The molecule has 0 aliphatic heterocycles. The van der Waals surface area contributed by atoms with Gasteiger partial charge in [0.1, 0.15) is 0 Å². The molecule has 144 valence electrons. The Morgan fingerprint density at radius 2 is 1.92 bits per heavy atom. The molecule has 3 rings (SSSR count). The van der Waals surface area contributed by atoms with Gasteiger partial charge in [-0.25, -0.2) is 0 Å². The predicted molar refractivity (Wildman–Crippen MR) is 112 cm³/mol. The summed E-state index contributed by atoms with van der Waals surface area (Å²) in [4.78, 5) is 0. The van der Waals surface area contributed by atoms with Crippen molar-refractivity contribution in [2.45, 2.75) is 90.6 Å². The smallest absolute Gasteiger partial charge is 0.0967 e. The van der Waals surface area contributed by atoms with Crippen LogP contribution >= 0.6 is 0 Å². The van der Waals surface area contributed by atoms with Crippen LogP contribution in [0.3, 0.4) is 0 Å². The number of allylic oxidation sites excluding steroid dienone is 1. The number of unbranched alkanes of at least 4 members (excludes halogenated alkanes) is 3. The highest BCUT2D eigenvalue weighted by Crippen LogP contribution is 2.57. The number of benzene rings is 1. The average molecular weight is 355 g/mol. The van der Waals surface area contributed by atoms with Gasteiger partial charge in [0.05, 0.1) is 12.2 Å². The quantitative estimate of drug-likeness (QED) is 0.397. The van der Waals surface area contributed by atoms with E-state index in [-0.39, 0.29) is 5.60 Å². The van der Waals surface area contributed by atoms with Crippen molar-refractivity contribution in [2.24, 2.45) is 11.8 Å². The molecule has 0 radical (unpaired) electrons. The van der Waals surface area contributed by atoms with Crippen molar-refractivity contribution < 1.29 is 4.74 Å². The summed E-state index contributed by atoms with van der Waals surface area (Å²) in [6, 6.07) is 11.2. The van der Waals surface area contributed by atoms with Crippen LogP contribution in [0.4, 0.5) is 0 Å². The summed E-state index contributed by atoms with van der Waals surface area (Å²) >= 11 is 0. The summed E-state index contributed by atoms with van der Waals surface area (Å²) in [6.45, 7) is 7.81. The highest BCUT2D eigenvalue weighted by molar-refractivity contribution is 5.78. The minimum atomic E-state index is 0.00483. The molecule has 2 aliphatic rings. The maximum absolute atomic E-state index is 6.83. The van der Waals surface area contributed by atoms with Crippen LogP contribution in [0.1, 0.15) is 90.5 Å². The van der Waals surface area contributed by atoms with Crippen LogP contribution in [0.2, 0.25) is 0 Å². The second-order valence-corrected chi connectivity index (χ2v) is 8.66. The van der Waals surface area contributed by atoms with E-state index < -0.39 is 0 Å². The summed E-state index contributed by atoms with van der Waals surface area (Å²) in [5.41, 5.74) is 4.72. The molecule has 1 unspecified atom stereocenters. The van der Waals surface area contributed by atoms with Crippen molar-refractivity contribution in [1.82, 2.24) is 0 Å². The van der Waals surface area contributed by atoms with Gasteiger partial charge in [0, 0.05) is 0 Å². The van der Waals surface area contributed by atoms with Crippen molar-refractivity contribution in [1.29, 1.82) is 0 Å². The van der Waals surface area contributed by atoms with Crippen molar-refractivity contribution >= 4 is 5.57 Å². The van der Waals surface area contributed by atoms with Gasteiger partial charge in [-0.15, -0.1) is 0 Å². The highest BCUT2D eigenvalue weighted by atomic mass is 16.5. The molecule has 1 nitrogen and oxygen atoms in total. The molecule has 0 bridgehead atoms. The largest absolute Gasteiger partial charge is 0.370 e. The SMILES string of the molecule is CCCCCCC1=C(c2ccccc2)[C@]2(OCC(C)CC)CCC[C@@H]2C1. The Bertz CT molecular complexity index is 587. The fourth-order valence-corrected chi connectivity index (χ4v) is 5.06. The molecule has 0 heterocycles. The van der Waals surface area contributed by atoms with Gasteiger partial charge < -0.3 is 4.74 Å². The fraction of sp³-hybridized carbons (Fsp3) is 0.680. The number of hydrogen-bond acceptors (Lipinski definition) is 1. The molecule has 1 aromatic rings. The van der Waals surface area contributed by atoms with Crippen LogP contribution in [0, 0.1) is 11.8 Å². The maximum atomic E-state index is 6.83. The van der Waals surface area contributed by atoms with E-state index >= 15 is 0 Å². The van der Waals surface area contributed by atoms with Gasteiger partial charge in [0.25, 0.3) is 0 Å². The van der Waals surface area contributed by atoms with Crippen LogP contribution in [0.15, 0.2) is 35.9 Å². The molecular formula is C25H38O. The van der Waals surface area contributed by atoms with Crippen molar-refractivity contribution in [3.05, 3.63) is 41.5 Å². The molecule has 2 aliphatic carbocycles. The van der Waals surface area contributed by atoms with Crippen molar-refractivity contribution in [3.8, 4) is 0 Å². The van der Waals surface area contributed by atoms with Crippen molar-refractivity contribution in [2.75, 3.05) is 6.61 Å². The average Bonchev–Trinajstić information content (AvgIpc) is 3.19. The minimum Gasteiger partial charge on any atom is -0.370 e. The van der Waals surface area contributed by atoms with Crippen LogP contribution < -0.4 is 0 Å². The fourth-order valence-electron chi connectivity index (χ4n) is 5.06. The second kappa shape index (κ2) is 9.22. The normalized spacial score (nSPS) is 26.3. The van der Waals surface area contributed by atoms with Crippen LogP contribution in [-0.2, 0) is 4.74 Å². The van der Waals surface area contributed by atoms with E-state index in [1.165, 1.54) is 69.8 Å². The molecule has 3 atom stereocenters. The van der Waals surface area contributed by atoms with E-state index in [9.17, 15) is 0 Å².